The molecular weight excluding hydrogens is 672 g/mol. The number of esters is 1. The highest BCUT2D eigenvalue weighted by molar-refractivity contribution is 6.00. The number of nitrogens with one attached hydrogen (secondary N) is 1. The molecule has 3 aliphatic heterocycles. The second-order valence-corrected chi connectivity index (χ2v) is 15.5. The molecule has 15 nitrogen and oxygen atoms in total. The molecule has 296 valence electrons. The van der Waals surface area contributed by atoms with E-state index in [-0.39, 0.29) is 24.1 Å². The highest BCUT2D eigenvalue weighted by Gasteiger charge is 2.59. The summed E-state index contributed by atoms with van der Waals surface area (Å²) in [6.45, 7) is 18.0. The van der Waals surface area contributed by atoms with E-state index in [0.29, 0.717) is 58.2 Å². The fraction of sp³-hybridized carbons (Fsp3) is 0.865. The van der Waals surface area contributed by atoms with Gasteiger partial charge in [0, 0.05) is 43.1 Å². The van der Waals surface area contributed by atoms with Gasteiger partial charge < -0.3 is 39.0 Å². The summed E-state index contributed by atoms with van der Waals surface area (Å²) in [7, 11) is 5.36. The SMILES string of the molecule is C=CC[C@@]1(OC)C[C@@H](C)CN[C@H](C)[C@H]2N(CCCCN=[N+]=[N-])C(=O)O[C@]2(C)[C@@H](CC)OC(=O)[C@H](C)C(=O)[C@@H](C)[C@H]1O[C@@H]1OC(C)CC(N(C)C)C1O. The molecule has 1 amide bonds. The Balaban J connectivity index is 2.09. The van der Waals surface area contributed by atoms with Gasteiger partial charge in [-0.05, 0) is 98.3 Å². The van der Waals surface area contributed by atoms with Crippen LogP contribution >= 0.6 is 0 Å². The molecule has 0 saturated carbocycles. The minimum Gasteiger partial charge on any atom is -0.458 e. The Morgan fingerprint density at radius 1 is 1.19 bits per heavy atom. The van der Waals surface area contributed by atoms with Gasteiger partial charge in [-0.15, -0.1) is 6.58 Å². The molecule has 3 unspecified atom stereocenters. The van der Waals surface area contributed by atoms with Crippen LogP contribution in [0.15, 0.2) is 17.8 Å². The lowest BCUT2D eigenvalue weighted by molar-refractivity contribution is -0.297. The van der Waals surface area contributed by atoms with Gasteiger partial charge >= 0.3 is 12.1 Å². The third-order valence-corrected chi connectivity index (χ3v) is 11.3. The van der Waals surface area contributed by atoms with Crippen LogP contribution in [0.3, 0.4) is 0 Å². The molecule has 0 bridgehead atoms. The van der Waals surface area contributed by atoms with Gasteiger partial charge in [-0.3, -0.25) is 14.5 Å². The van der Waals surface area contributed by atoms with Crippen molar-refractivity contribution in [3.05, 3.63) is 23.1 Å². The van der Waals surface area contributed by atoms with Crippen LogP contribution in [0, 0.1) is 17.8 Å². The van der Waals surface area contributed by atoms with Crippen LogP contribution in [0.4, 0.5) is 4.79 Å². The third-order valence-electron chi connectivity index (χ3n) is 11.3. The molecule has 0 aromatic carbocycles. The molecule has 52 heavy (non-hydrogen) atoms. The van der Waals surface area contributed by atoms with Gasteiger partial charge in [-0.1, -0.05) is 32.0 Å². The zero-order valence-electron chi connectivity index (χ0n) is 32.9. The smallest absolute Gasteiger partial charge is 0.410 e. The number of aliphatic hydroxyl groups excluding tert-OH is 1. The molecule has 15 heteroatoms. The lowest BCUT2D eigenvalue weighted by atomic mass is 9.75. The van der Waals surface area contributed by atoms with E-state index >= 15 is 0 Å². The number of likely N-dealkylation sites (N-methyl/N-ethyl adjacent to an activating group) is 1. The molecule has 3 saturated heterocycles. The number of unbranched alkanes of at least 4 members (excludes halogenated alkanes) is 1. The first-order valence-corrected chi connectivity index (χ1v) is 18.8. The Hall–Kier alpha value is -2.78. The Morgan fingerprint density at radius 2 is 1.88 bits per heavy atom. The van der Waals surface area contributed by atoms with Crippen LogP contribution in [0.1, 0.15) is 87.0 Å². The Morgan fingerprint density at radius 3 is 2.48 bits per heavy atom. The van der Waals surface area contributed by atoms with Crippen LogP contribution in [0.5, 0.6) is 0 Å². The van der Waals surface area contributed by atoms with Crippen molar-refractivity contribution in [2.45, 2.75) is 147 Å². The average molecular weight is 737 g/mol. The van der Waals surface area contributed by atoms with Gasteiger partial charge in [-0.2, -0.15) is 0 Å². The summed E-state index contributed by atoms with van der Waals surface area (Å²) in [5, 5.41) is 18.7. The maximum absolute atomic E-state index is 14.4. The van der Waals surface area contributed by atoms with Crippen molar-refractivity contribution < 1.29 is 43.2 Å². The fourth-order valence-electron chi connectivity index (χ4n) is 8.50. The number of rotatable bonds is 12. The number of amides is 1. The molecule has 0 radical (unpaired) electrons. The van der Waals surface area contributed by atoms with Crippen molar-refractivity contribution in [3.8, 4) is 0 Å². The minimum absolute atomic E-state index is 0.0506. The molecule has 0 aromatic heterocycles. The van der Waals surface area contributed by atoms with E-state index < -0.39 is 71.5 Å². The summed E-state index contributed by atoms with van der Waals surface area (Å²) in [5.41, 5.74) is 6.33. The number of carbonyl (C=O) groups is 3. The van der Waals surface area contributed by atoms with Gasteiger partial charge in [0.05, 0.1) is 23.9 Å². The number of nitrogens with zero attached hydrogens (tertiary/aromatic N) is 5. The van der Waals surface area contributed by atoms with Crippen molar-refractivity contribution in [2.75, 3.05) is 40.8 Å². The molecule has 0 aliphatic carbocycles. The zero-order chi connectivity index (χ0) is 39.0. The number of hydrogen-bond donors (Lipinski definition) is 2. The van der Waals surface area contributed by atoms with Crippen LogP contribution in [0.2, 0.25) is 0 Å². The van der Waals surface area contributed by atoms with Gasteiger partial charge in [0.15, 0.2) is 17.7 Å². The maximum atomic E-state index is 14.4. The fourth-order valence-corrected chi connectivity index (χ4v) is 8.50. The van der Waals surface area contributed by atoms with Crippen molar-refractivity contribution in [3.63, 3.8) is 0 Å². The minimum atomic E-state index is -1.24. The van der Waals surface area contributed by atoms with E-state index in [1.165, 1.54) is 6.92 Å². The Bertz CT molecular complexity index is 1280. The lowest BCUT2D eigenvalue weighted by Gasteiger charge is -2.47. The number of cyclic esters (lactones) is 1. The molecule has 3 heterocycles. The lowest BCUT2D eigenvalue weighted by Crippen LogP contribution is -2.61. The molecule has 0 aromatic rings. The second-order valence-electron chi connectivity index (χ2n) is 15.5. The predicted molar refractivity (Wildman–Crippen MR) is 195 cm³/mol. The molecule has 13 atom stereocenters. The van der Waals surface area contributed by atoms with E-state index in [9.17, 15) is 19.5 Å². The van der Waals surface area contributed by atoms with Crippen molar-refractivity contribution in [1.29, 1.82) is 0 Å². The number of carbonyl (C=O) groups excluding carboxylic acids is 3. The summed E-state index contributed by atoms with van der Waals surface area (Å²) in [5.74, 6) is -3.31. The first kappa shape index (κ1) is 43.6. The van der Waals surface area contributed by atoms with Gasteiger partial charge in [-0.25, -0.2) is 4.79 Å². The molecular formula is C37H64N6O9. The standard InChI is InChI=1S/C37H64N6O9/c1-12-16-37(48-11)20-22(3)21-39-26(7)31-36(8,52-35(47)43(31)18-15-14-17-40-41-38)28(13-2)50-33(46)25(6)29(44)24(5)32(37)51-34-30(45)27(42(9)10)19-23(4)49-34/h12,22-28,30-32,34,39,45H,1,13-21H2,2-11H3/t22-,23?,24-,25-,26-,27?,28-,30?,31-,32-,34+,36-,37-/m1/s1. The number of azide groups is 1. The summed E-state index contributed by atoms with van der Waals surface area (Å²) in [4.78, 5) is 48.2. The zero-order valence-corrected chi connectivity index (χ0v) is 32.9. The predicted octanol–water partition coefficient (Wildman–Crippen LogP) is 4.61. The molecule has 3 rings (SSSR count). The number of aliphatic hydroxyl groups is 1. The molecule has 0 spiro atoms. The Labute approximate surface area is 309 Å². The summed E-state index contributed by atoms with van der Waals surface area (Å²) in [6, 6.07) is -1.10. The van der Waals surface area contributed by atoms with E-state index in [4.69, 9.17) is 29.2 Å². The van der Waals surface area contributed by atoms with E-state index in [1.807, 2.05) is 39.8 Å². The van der Waals surface area contributed by atoms with E-state index in [0.717, 1.165) is 0 Å². The van der Waals surface area contributed by atoms with Gasteiger partial charge in [0.2, 0.25) is 0 Å². The number of Topliss-reactive ketones (excluding diaryl/α,β-unsaturated/α-hetero) is 1. The largest absolute Gasteiger partial charge is 0.458 e. The highest BCUT2D eigenvalue weighted by Crippen LogP contribution is 2.41. The summed E-state index contributed by atoms with van der Waals surface area (Å²) >= 11 is 0. The first-order chi connectivity index (χ1) is 24.5. The van der Waals surface area contributed by atoms with Gasteiger partial charge in [0.1, 0.15) is 18.1 Å². The molecule has 2 N–H and O–H groups in total. The first-order valence-electron chi connectivity index (χ1n) is 18.8. The second kappa shape index (κ2) is 19.0. The summed E-state index contributed by atoms with van der Waals surface area (Å²) in [6.07, 6.45) is -0.0783. The van der Waals surface area contributed by atoms with Crippen molar-refractivity contribution in [2.24, 2.45) is 22.9 Å². The topological polar surface area (TPSA) is 185 Å². The third kappa shape index (κ3) is 9.65. The van der Waals surface area contributed by atoms with Gasteiger partial charge in [0.25, 0.3) is 0 Å². The monoisotopic (exact) mass is 736 g/mol. The highest BCUT2D eigenvalue weighted by atomic mass is 16.7. The number of hydrogen-bond acceptors (Lipinski definition) is 12. The maximum Gasteiger partial charge on any atom is 0.410 e. The van der Waals surface area contributed by atoms with Crippen molar-refractivity contribution in [1.82, 2.24) is 15.1 Å². The Kier molecular flexibility index (Phi) is 15.9. The van der Waals surface area contributed by atoms with Crippen LogP contribution in [0.25, 0.3) is 10.4 Å². The number of methoxy groups -OCH3 is 1. The quantitative estimate of drug-likeness (QED) is 0.0543. The normalized spacial score (nSPS) is 39.5. The van der Waals surface area contributed by atoms with Crippen molar-refractivity contribution >= 4 is 17.8 Å². The summed E-state index contributed by atoms with van der Waals surface area (Å²) < 4.78 is 31.5. The number of fused-ring (bicyclic) bond motifs is 1. The average Bonchev–Trinajstić information content (AvgIpc) is 3.36. The number of ketones is 1. The van der Waals surface area contributed by atoms with Crippen LogP contribution in [-0.4, -0.2) is 134 Å². The molecule has 3 aliphatic rings. The van der Waals surface area contributed by atoms with E-state index in [1.54, 1.807) is 31.9 Å². The van der Waals surface area contributed by atoms with E-state index in [2.05, 4.69) is 28.8 Å². The number of ether oxygens (including phenoxy) is 5. The van der Waals surface area contributed by atoms with Crippen LogP contribution in [-0.2, 0) is 33.3 Å². The van der Waals surface area contributed by atoms with Crippen LogP contribution < -0.4 is 5.32 Å². The molecule has 3 fully saturated rings.